The fourth-order valence-electron chi connectivity index (χ4n) is 2.82. The van der Waals surface area contributed by atoms with E-state index in [-0.39, 0.29) is 5.56 Å². The summed E-state index contributed by atoms with van der Waals surface area (Å²) < 4.78 is 15.4. The van der Waals surface area contributed by atoms with Crippen molar-refractivity contribution in [3.8, 4) is 28.8 Å². The van der Waals surface area contributed by atoms with Gasteiger partial charge < -0.3 is 19.5 Å². The van der Waals surface area contributed by atoms with Crippen molar-refractivity contribution in [2.24, 2.45) is 0 Å². The number of carbonyl (C=O) groups excluding carboxylic acids is 1. The minimum Gasteiger partial charge on any atom is -0.493 e. The first-order chi connectivity index (χ1) is 15.0. The quantitative estimate of drug-likeness (QED) is 0.417. The summed E-state index contributed by atoms with van der Waals surface area (Å²) in [4.78, 5) is 16.8. The Hall–Kier alpha value is -3.83. The largest absolute Gasteiger partial charge is 0.493 e. The number of benzene rings is 2. The first-order valence-corrected chi connectivity index (χ1v) is 10.1. The number of ether oxygens (including phenoxy) is 3. The maximum absolute atomic E-state index is 12.2. The molecule has 2 aromatic carbocycles. The third kappa shape index (κ3) is 4.85. The number of nitrogens with zero attached hydrogens (tertiary/aromatic N) is 2. The Bertz CT molecular complexity index is 1160. The van der Waals surface area contributed by atoms with E-state index in [2.05, 4.69) is 16.4 Å². The molecule has 0 bridgehead atoms. The molecule has 1 N–H and O–H groups in total. The molecule has 0 aliphatic carbocycles. The van der Waals surface area contributed by atoms with Crippen molar-refractivity contribution in [3.63, 3.8) is 0 Å². The van der Waals surface area contributed by atoms with Crippen LogP contribution in [0, 0.1) is 18.3 Å². The highest BCUT2D eigenvalue weighted by Crippen LogP contribution is 2.34. The van der Waals surface area contributed by atoms with Crippen LogP contribution >= 0.6 is 11.3 Å². The molecule has 3 rings (SSSR count). The molecule has 1 aromatic heterocycles. The van der Waals surface area contributed by atoms with Gasteiger partial charge in [-0.2, -0.15) is 5.26 Å². The van der Waals surface area contributed by atoms with Crippen molar-refractivity contribution in [2.75, 3.05) is 26.6 Å². The minimum atomic E-state index is -0.550. The molecular formula is C23H21N3O4S. The Morgan fingerprint density at radius 2 is 1.81 bits per heavy atom. The number of aromatic nitrogens is 1. The molecule has 0 unspecified atom stereocenters. The van der Waals surface area contributed by atoms with E-state index in [4.69, 9.17) is 14.2 Å². The highest BCUT2D eigenvalue weighted by atomic mass is 32.1. The molecule has 1 heterocycles. The number of rotatable bonds is 7. The van der Waals surface area contributed by atoms with E-state index in [9.17, 15) is 10.1 Å². The average Bonchev–Trinajstić information content (AvgIpc) is 3.29. The molecular weight excluding hydrogens is 414 g/mol. The van der Waals surface area contributed by atoms with E-state index in [0.717, 1.165) is 16.8 Å². The van der Waals surface area contributed by atoms with Crippen molar-refractivity contribution < 1.29 is 19.0 Å². The van der Waals surface area contributed by atoms with Gasteiger partial charge in [0.1, 0.15) is 16.6 Å². The van der Waals surface area contributed by atoms with Gasteiger partial charge in [-0.15, -0.1) is 11.3 Å². The van der Waals surface area contributed by atoms with Crippen LogP contribution in [0.2, 0.25) is 0 Å². The summed E-state index contributed by atoms with van der Waals surface area (Å²) in [6.07, 6.45) is 1.51. The van der Waals surface area contributed by atoms with E-state index in [1.54, 1.807) is 6.07 Å². The summed E-state index contributed by atoms with van der Waals surface area (Å²) in [7, 11) is 4.27. The van der Waals surface area contributed by atoms with Gasteiger partial charge >= 0.3 is 5.97 Å². The van der Waals surface area contributed by atoms with Gasteiger partial charge in [-0.1, -0.05) is 29.8 Å². The SMILES string of the molecule is COC(=O)c1cc(OC)c(OC)cc1N/C=C(\C#N)c1nc(-c2ccc(C)cc2)cs1. The Balaban J connectivity index is 1.93. The van der Waals surface area contributed by atoms with Crippen LogP contribution in [-0.2, 0) is 4.74 Å². The van der Waals surface area contributed by atoms with Crippen molar-refractivity contribution >= 4 is 28.6 Å². The summed E-state index contributed by atoms with van der Waals surface area (Å²) in [5.74, 6) is 0.271. The van der Waals surface area contributed by atoms with Gasteiger partial charge in [-0.3, -0.25) is 0 Å². The predicted octanol–water partition coefficient (Wildman–Crippen LogP) is 4.90. The first-order valence-electron chi connectivity index (χ1n) is 9.24. The average molecular weight is 436 g/mol. The number of thiazole rings is 1. The van der Waals surface area contributed by atoms with Crippen LogP contribution in [0.5, 0.6) is 11.5 Å². The number of hydrogen-bond acceptors (Lipinski definition) is 8. The van der Waals surface area contributed by atoms with Crippen LogP contribution in [0.4, 0.5) is 5.69 Å². The number of carbonyl (C=O) groups is 1. The third-order valence-corrected chi connectivity index (χ3v) is 5.38. The second kappa shape index (κ2) is 9.78. The van der Waals surface area contributed by atoms with E-state index in [0.29, 0.717) is 27.8 Å². The maximum atomic E-state index is 12.2. The first kappa shape index (κ1) is 21.9. The van der Waals surface area contributed by atoms with Gasteiger partial charge in [-0.05, 0) is 6.92 Å². The van der Waals surface area contributed by atoms with Gasteiger partial charge in [0.2, 0.25) is 0 Å². The molecule has 8 heteroatoms. The zero-order valence-electron chi connectivity index (χ0n) is 17.6. The Morgan fingerprint density at radius 1 is 1.13 bits per heavy atom. The lowest BCUT2D eigenvalue weighted by molar-refractivity contribution is 0.0601. The molecule has 0 aliphatic rings. The van der Waals surface area contributed by atoms with Crippen molar-refractivity contribution in [3.05, 3.63) is 64.1 Å². The molecule has 0 atom stereocenters. The van der Waals surface area contributed by atoms with Crippen LogP contribution in [0.15, 0.2) is 48.0 Å². The second-order valence-corrected chi connectivity index (χ2v) is 7.32. The molecule has 0 saturated carbocycles. The van der Waals surface area contributed by atoms with Crippen LogP contribution in [0.1, 0.15) is 20.9 Å². The van der Waals surface area contributed by atoms with Gasteiger partial charge in [0.25, 0.3) is 0 Å². The predicted molar refractivity (Wildman–Crippen MR) is 120 cm³/mol. The normalized spacial score (nSPS) is 10.9. The number of nitriles is 1. The third-order valence-electron chi connectivity index (χ3n) is 4.50. The lowest BCUT2D eigenvalue weighted by atomic mass is 10.1. The summed E-state index contributed by atoms with van der Waals surface area (Å²) >= 11 is 1.37. The fourth-order valence-corrected chi connectivity index (χ4v) is 3.62. The molecule has 0 spiro atoms. The number of anilines is 1. The van der Waals surface area contributed by atoms with E-state index < -0.39 is 5.97 Å². The molecule has 0 saturated heterocycles. The smallest absolute Gasteiger partial charge is 0.340 e. The molecule has 0 radical (unpaired) electrons. The summed E-state index contributed by atoms with van der Waals surface area (Å²) in [5, 5.41) is 15.1. The van der Waals surface area contributed by atoms with Crippen molar-refractivity contribution in [2.45, 2.75) is 6.92 Å². The van der Waals surface area contributed by atoms with E-state index in [1.807, 2.05) is 36.6 Å². The number of allylic oxidation sites excluding steroid dienone is 1. The summed E-state index contributed by atoms with van der Waals surface area (Å²) in [6.45, 7) is 2.02. The number of hydrogen-bond donors (Lipinski definition) is 1. The van der Waals surface area contributed by atoms with Gasteiger partial charge in [0.05, 0.1) is 38.3 Å². The minimum absolute atomic E-state index is 0.244. The standard InChI is InChI=1S/C23H21N3O4S/c1-14-5-7-15(8-6-14)19-13-31-22(26-19)16(11-24)12-25-18-10-21(29-3)20(28-2)9-17(18)23(27)30-4/h5-10,12-13,25H,1-4H3/b16-12+. The number of aryl methyl sites for hydroxylation is 1. The van der Waals surface area contributed by atoms with Gasteiger partial charge in [-0.25, -0.2) is 9.78 Å². The lowest BCUT2D eigenvalue weighted by Gasteiger charge is -2.13. The monoisotopic (exact) mass is 435 g/mol. The number of esters is 1. The molecule has 0 amide bonds. The molecule has 7 nitrogen and oxygen atoms in total. The Morgan fingerprint density at radius 3 is 2.42 bits per heavy atom. The van der Waals surface area contributed by atoms with Crippen LogP contribution in [-0.4, -0.2) is 32.3 Å². The molecule has 0 fully saturated rings. The summed E-state index contributed by atoms with van der Waals surface area (Å²) in [6, 6.07) is 13.3. The highest BCUT2D eigenvalue weighted by Gasteiger charge is 2.17. The Labute approximate surface area is 184 Å². The zero-order valence-corrected chi connectivity index (χ0v) is 18.4. The molecule has 158 valence electrons. The zero-order chi connectivity index (χ0) is 22.4. The Kier molecular flexibility index (Phi) is 6.90. The topological polar surface area (TPSA) is 93.5 Å². The van der Waals surface area contributed by atoms with Crippen LogP contribution in [0.3, 0.4) is 0 Å². The van der Waals surface area contributed by atoms with Gasteiger partial charge in [0.15, 0.2) is 11.5 Å². The van der Waals surface area contributed by atoms with E-state index in [1.165, 1.54) is 44.9 Å². The fraction of sp³-hybridized carbons (Fsp3) is 0.174. The molecule has 0 aliphatic heterocycles. The number of methoxy groups -OCH3 is 3. The van der Waals surface area contributed by atoms with Crippen molar-refractivity contribution in [1.29, 1.82) is 5.26 Å². The lowest BCUT2D eigenvalue weighted by Crippen LogP contribution is -2.07. The van der Waals surface area contributed by atoms with E-state index >= 15 is 0 Å². The van der Waals surface area contributed by atoms with Crippen molar-refractivity contribution in [1.82, 2.24) is 4.98 Å². The molecule has 3 aromatic rings. The summed E-state index contributed by atoms with van der Waals surface area (Å²) in [5.41, 5.74) is 3.92. The second-order valence-electron chi connectivity index (χ2n) is 6.46. The van der Waals surface area contributed by atoms with Crippen LogP contribution in [0.25, 0.3) is 16.8 Å². The molecule has 31 heavy (non-hydrogen) atoms. The highest BCUT2D eigenvalue weighted by molar-refractivity contribution is 7.11. The van der Waals surface area contributed by atoms with Gasteiger partial charge in [0, 0.05) is 29.3 Å². The van der Waals surface area contributed by atoms with Crippen LogP contribution < -0.4 is 14.8 Å². The maximum Gasteiger partial charge on any atom is 0.340 e. The number of nitrogens with one attached hydrogen (secondary N) is 1.